The number of rotatable bonds is 6. The van der Waals surface area contributed by atoms with Crippen LogP contribution in [0.1, 0.15) is 111 Å². The van der Waals surface area contributed by atoms with Crippen molar-refractivity contribution in [3.8, 4) is 0 Å². The van der Waals surface area contributed by atoms with Crippen LogP contribution in [0.25, 0.3) is 0 Å². The Morgan fingerprint density at radius 3 is 2.27 bits per heavy atom. The quantitative estimate of drug-likeness (QED) is 0.483. The highest BCUT2D eigenvalue weighted by Crippen LogP contribution is 2.68. The molecule has 174 valence electrons. The smallest absolute Gasteiger partial charge is 0.0653 e. The lowest BCUT2D eigenvalue weighted by molar-refractivity contribution is -0.179. The second kappa shape index (κ2) is 8.34. The first-order valence-corrected chi connectivity index (χ1v) is 13.2. The Hall–Kier alpha value is -0.120. The molecule has 30 heavy (non-hydrogen) atoms. The highest BCUT2D eigenvalue weighted by Gasteiger charge is 2.63. The number of fused-ring (bicyclic) bond motifs is 5. The van der Waals surface area contributed by atoms with E-state index in [1.807, 2.05) is 0 Å². The molecule has 0 amide bonds. The first-order chi connectivity index (χ1) is 14.1. The van der Waals surface area contributed by atoms with Crippen LogP contribution in [0, 0.1) is 40.4 Å². The Kier molecular flexibility index (Phi) is 6.41. The van der Waals surface area contributed by atoms with Gasteiger partial charge in [0.2, 0.25) is 0 Å². The molecule has 3 nitrogen and oxygen atoms in total. The van der Waals surface area contributed by atoms with Crippen LogP contribution in [-0.2, 0) is 0 Å². The summed E-state index contributed by atoms with van der Waals surface area (Å²) in [5.74, 6) is 2.59. The third kappa shape index (κ3) is 3.69. The molecule has 0 saturated heterocycles. The molecule has 3 heteroatoms. The minimum absolute atomic E-state index is 0.184. The summed E-state index contributed by atoms with van der Waals surface area (Å²) >= 11 is 0. The normalized spacial score (nSPS) is 50.3. The summed E-state index contributed by atoms with van der Waals surface area (Å²) in [6.07, 6.45) is 13.9. The molecule has 0 aliphatic heterocycles. The Bertz CT molecular complexity index is 603. The highest BCUT2D eigenvalue weighted by atomic mass is 16.3. The van der Waals surface area contributed by atoms with Crippen molar-refractivity contribution in [2.45, 2.75) is 129 Å². The fourth-order valence-electron chi connectivity index (χ4n) is 9.38. The van der Waals surface area contributed by atoms with Crippen LogP contribution in [0.5, 0.6) is 0 Å². The monoisotopic (exact) mass is 420 g/mol. The van der Waals surface area contributed by atoms with Gasteiger partial charge in [0.15, 0.2) is 0 Å². The number of hydrogen-bond acceptors (Lipinski definition) is 3. The molecule has 1 unspecified atom stereocenters. The molecule has 4 saturated carbocycles. The molecule has 0 aromatic heterocycles. The maximum atomic E-state index is 11.6. The molecule has 4 fully saturated rings. The van der Waals surface area contributed by atoms with Crippen molar-refractivity contribution in [1.82, 2.24) is 0 Å². The third-order valence-electron chi connectivity index (χ3n) is 10.9. The van der Waals surface area contributed by atoms with Crippen molar-refractivity contribution in [2.24, 2.45) is 40.4 Å². The zero-order chi connectivity index (χ0) is 21.7. The van der Waals surface area contributed by atoms with Gasteiger partial charge in [-0.2, -0.15) is 0 Å². The minimum atomic E-state index is -0.557. The molecule has 4 aliphatic rings. The largest absolute Gasteiger partial charge is 0.393 e. The number of unbranched alkanes of at least 4 members (excludes halogenated alkanes) is 3. The summed E-state index contributed by atoms with van der Waals surface area (Å²) in [7, 11) is 0. The molecule has 10 atom stereocenters. The molecular formula is C27H48O3. The van der Waals surface area contributed by atoms with Crippen molar-refractivity contribution in [3.05, 3.63) is 0 Å². The highest BCUT2D eigenvalue weighted by molar-refractivity contribution is 5.13. The summed E-state index contributed by atoms with van der Waals surface area (Å²) in [5.41, 5.74) is -0.158. The Morgan fingerprint density at radius 1 is 0.833 bits per heavy atom. The van der Waals surface area contributed by atoms with Gasteiger partial charge in [0, 0.05) is 0 Å². The molecule has 0 heterocycles. The van der Waals surface area contributed by atoms with Gasteiger partial charge in [0.25, 0.3) is 0 Å². The zero-order valence-electron chi connectivity index (χ0n) is 20.1. The number of aliphatic hydroxyl groups excluding tert-OH is 2. The van der Waals surface area contributed by atoms with Gasteiger partial charge in [-0.15, -0.1) is 0 Å². The van der Waals surface area contributed by atoms with Crippen LogP contribution in [-0.4, -0.2) is 33.1 Å². The zero-order valence-corrected chi connectivity index (χ0v) is 20.1. The fraction of sp³-hybridized carbons (Fsp3) is 1.00. The summed E-state index contributed by atoms with van der Waals surface area (Å²) in [6, 6.07) is 0. The topological polar surface area (TPSA) is 60.7 Å². The van der Waals surface area contributed by atoms with E-state index >= 15 is 0 Å². The van der Waals surface area contributed by atoms with Crippen LogP contribution >= 0.6 is 0 Å². The molecule has 0 radical (unpaired) electrons. The average molecular weight is 421 g/mol. The van der Waals surface area contributed by atoms with Gasteiger partial charge in [-0.1, -0.05) is 46.5 Å². The van der Waals surface area contributed by atoms with Gasteiger partial charge in [-0.3, -0.25) is 0 Å². The van der Waals surface area contributed by atoms with Gasteiger partial charge in [0.05, 0.1) is 17.8 Å². The van der Waals surface area contributed by atoms with E-state index in [1.165, 1.54) is 38.5 Å². The first-order valence-electron chi connectivity index (χ1n) is 13.2. The molecule has 0 aromatic rings. The van der Waals surface area contributed by atoms with E-state index < -0.39 is 5.60 Å². The van der Waals surface area contributed by atoms with Gasteiger partial charge >= 0.3 is 0 Å². The first kappa shape index (κ1) is 23.1. The van der Waals surface area contributed by atoms with Gasteiger partial charge in [-0.25, -0.2) is 0 Å². The van der Waals surface area contributed by atoms with Crippen LogP contribution in [0.4, 0.5) is 0 Å². The minimum Gasteiger partial charge on any atom is -0.393 e. The average Bonchev–Trinajstić information content (AvgIpc) is 3.05. The maximum absolute atomic E-state index is 11.6. The van der Waals surface area contributed by atoms with E-state index in [0.29, 0.717) is 23.7 Å². The fourth-order valence-corrected chi connectivity index (χ4v) is 9.38. The van der Waals surface area contributed by atoms with Crippen molar-refractivity contribution in [3.63, 3.8) is 0 Å². The van der Waals surface area contributed by atoms with Crippen molar-refractivity contribution in [1.29, 1.82) is 0 Å². The van der Waals surface area contributed by atoms with Crippen molar-refractivity contribution in [2.75, 3.05) is 0 Å². The number of hydrogen-bond donors (Lipinski definition) is 3. The Labute approximate surface area is 185 Å². The maximum Gasteiger partial charge on any atom is 0.0653 e. The van der Waals surface area contributed by atoms with Gasteiger partial charge in [0.1, 0.15) is 0 Å². The lowest BCUT2D eigenvalue weighted by atomic mass is 9.43. The molecule has 4 aliphatic carbocycles. The number of aliphatic hydroxyl groups is 3. The van der Waals surface area contributed by atoms with Gasteiger partial charge < -0.3 is 15.3 Å². The molecule has 0 aromatic carbocycles. The van der Waals surface area contributed by atoms with E-state index in [9.17, 15) is 15.3 Å². The van der Waals surface area contributed by atoms with E-state index in [-0.39, 0.29) is 29.0 Å². The second-order valence-corrected chi connectivity index (χ2v) is 12.6. The van der Waals surface area contributed by atoms with Crippen LogP contribution in [0.3, 0.4) is 0 Å². The summed E-state index contributed by atoms with van der Waals surface area (Å²) in [6.45, 7) is 9.29. The summed E-state index contributed by atoms with van der Waals surface area (Å²) < 4.78 is 0. The SMILES string of the molecule is CCCCCC[C@](C)(O)C1CC[C@H]2[C@@H]3C[C@H](O)[C@H]4C[C@@H](O)CC[C@]4(C)[C@H]3CC[C@]12C. The molecule has 0 bridgehead atoms. The van der Waals surface area contributed by atoms with E-state index in [0.717, 1.165) is 44.9 Å². The van der Waals surface area contributed by atoms with Crippen LogP contribution < -0.4 is 0 Å². The van der Waals surface area contributed by atoms with Crippen molar-refractivity contribution >= 4 is 0 Å². The summed E-state index contributed by atoms with van der Waals surface area (Å²) in [4.78, 5) is 0. The van der Waals surface area contributed by atoms with Crippen molar-refractivity contribution < 1.29 is 15.3 Å². The van der Waals surface area contributed by atoms with E-state index in [4.69, 9.17) is 0 Å². The lowest BCUT2D eigenvalue weighted by Crippen LogP contribution is -2.59. The molecule has 0 spiro atoms. The van der Waals surface area contributed by atoms with Crippen LogP contribution in [0.15, 0.2) is 0 Å². The predicted octanol–water partition coefficient (Wildman–Crippen LogP) is 5.70. The standard InChI is InChI=1S/C27H48O3/c1-5-6-7-8-13-27(4,30)24-10-9-20-19-17-23(29)22-16-18(28)11-14-25(22,2)21(19)12-15-26(20,24)3/h18-24,28-30H,5-17H2,1-4H3/t18-,19-,20-,21-,22+,23-,24?,25+,26-,27-/m0/s1. The predicted molar refractivity (Wildman–Crippen MR) is 122 cm³/mol. The van der Waals surface area contributed by atoms with E-state index in [1.54, 1.807) is 0 Å². The second-order valence-electron chi connectivity index (χ2n) is 12.6. The Balaban J connectivity index is 1.52. The Morgan fingerprint density at radius 2 is 1.53 bits per heavy atom. The lowest BCUT2D eigenvalue weighted by Gasteiger charge is -2.62. The van der Waals surface area contributed by atoms with Crippen LogP contribution in [0.2, 0.25) is 0 Å². The summed E-state index contributed by atoms with van der Waals surface area (Å²) in [5, 5.41) is 33.0. The molecule has 4 rings (SSSR count). The molecule has 3 N–H and O–H groups in total. The van der Waals surface area contributed by atoms with E-state index in [2.05, 4.69) is 27.7 Å². The molecular weight excluding hydrogens is 372 g/mol. The van der Waals surface area contributed by atoms with Gasteiger partial charge in [-0.05, 0) is 105 Å². The third-order valence-corrected chi connectivity index (χ3v) is 10.9.